The van der Waals surface area contributed by atoms with E-state index in [0.717, 1.165) is 46.7 Å². The van der Waals surface area contributed by atoms with Gasteiger partial charge < -0.3 is 4.52 Å². The van der Waals surface area contributed by atoms with Crippen LogP contribution in [-0.2, 0) is 5.75 Å². The predicted molar refractivity (Wildman–Crippen MR) is 104 cm³/mol. The molecule has 6 heteroatoms. The number of nitrogens with zero attached hydrogens (tertiary/aromatic N) is 3. The third-order valence-electron chi connectivity index (χ3n) is 4.90. The van der Waals surface area contributed by atoms with Crippen molar-refractivity contribution >= 4 is 17.7 Å². The third-order valence-corrected chi connectivity index (χ3v) is 5.85. The molecule has 0 bridgehead atoms. The third kappa shape index (κ3) is 4.67. The predicted octanol–water partition coefficient (Wildman–Crippen LogP) is 4.21. The molecule has 2 heterocycles. The van der Waals surface area contributed by atoms with Crippen molar-refractivity contribution < 1.29 is 9.32 Å². The lowest BCUT2D eigenvalue weighted by Gasteiger charge is -2.18. The first kappa shape index (κ1) is 19.0. The van der Waals surface area contributed by atoms with Crippen LogP contribution < -0.4 is 5.49 Å². The van der Waals surface area contributed by atoms with Gasteiger partial charge in [-0.3, -0.25) is 14.4 Å². The Kier molecular flexibility index (Phi) is 6.35. The zero-order valence-corrected chi connectivity index (χ0v) is 16.6. The molecule has 0 atom stereocenters. The van der Waals surface area contributed by atoms with Gasteiger partial charge in [0, 0.05) is 17.5 Å². The molecule has 5 nitrogen and oxygen atoms in total. The molecule has 1 aliphatic carbocycles. The average Bonchev–Trinajstić information content (AvgIpc) is 2.94. The van der Waals surface area contributed by atoms with Crippen LogP contribution in [-0.4, -0.2) is 27.4 Å². The largest absolute Gasteiger partial charge is 0.361 e. The highest BCUT2D eigenvalue weighted by molar-refractivity contribution is 7.99. The Morgan fingerprint density at radius 3 is 2.77 bits per heavy atom. The number of thioether (sulfide) groups is 1. The van der Waals surface area contributed by atoms with Gasteiger partial charge in [-0.1, -0.05) is 24.4 Å². The minimum Gasteiger partial charge on any atom is -0.361 e. The number of hydrogen-bond acceptors (Lipinski definition) is 5. The van der Waals surface area contributed by atoms with E-state index in [2.05, 4.69) is 5.16 Å². The van der Waals surface area contributed by atoms with Crippen LogP contribution in [0.2, 0.25) is 0 Å². The first-order valence-electron chi connectivity index (χ1n) is 9.30. The van der Waals surface area contributed by atoms with Gasteiger partial charge in [-0.25, -0.2) is 0 Å². The highest BCUT2D eigenvalue weighted by Crippen LogP contribution is 2.20. The summed E-state index contributed by atoms with van der Waals surface area (Å²) < 4.78 is 6.90. The van der Waals surface area contributed by atoms with Gasteiger partial charge in [0.25, 0.3) is 0 Å². The van der Waals surface area contributed by atoms with E-state index < -0.39 is 0 Å². The summed E-state index contributed by atoms with van der Waals surface area (Å²) in [4.78, 5) is 17.7. The van der Waals surface area contributed by atoms with Crippen molar-refractivity contribution in [1.82, 2.24) is 9.72 Å². The van der Waals surface area contributed by atoms with E-state index in [1.807, 2.05) is 39.1 Å². The summed E-state index contributed by atoms with van der Waals surface area (Å²) >= 11 is 1.59. The second-order valence-electron chi connectivity index (χ2n) is 7.04. The molecule has 1 aliphatic rings. The van der Waals surface area contributed by atoms with Gasteiger partial charge >= 0.3 is 0 Å². The fourth-order valence-corrected chi connectivity index (χ4v) is 4.35. The fourth-order valence-electron chi connectivity index (χ4n) is 3.32. The van der Waals surface area contributed by atoms with E-state index in [4.69, 9.17) is 9.52 Å². The molecule has 3 rings (SSSR count). The summed E-state index contributed by atoms with van der Waals surface area (Å²) in [6.45, 7) is 5.89. The molecule has 1 fully saturated rings. The van der Waals surface area contributed by atoms with Gasteiger partial charge in [0.1, 0.15) is 11.2 Å². The number of aromatic nitrogens is 2. The molecule has 1 saturated carbocycles. The van der Waals surface area contributed by atoms with Crippen molar-refractivity contribution in [1.29, 1.82) is 0 Å². The van der Waals surface area contributed by atoms with E-state index in [0.29, 0.717) is 11.8 Å². The molecule has 26 heavy (non-hydrogen) atoms. The first-order valence-corrected chi connectivity index (χ1v) is 10.5. The molecule has 0 N–H and O–H groups in total. The average molecular weight is 374 g/mol. The summed E-state index contributed by atoms with van der Waals surface area (Å²) in [7, 11) is 0. The lowest BCUT2D eigenvalue weighted by molar-refractivity contribution is 0.0936. The number of carbonyl (C=O) groups excluding carboxylic acids is 1. The maximum atomic E-state index is 12.8. The number of carbonyl (C=O) groups is 1. The lowest BCUT2D eigenvalue weighted by atomic mass is 9.96. The van der Waals surface area contributed by atoms with Crippen LogP contribution in [0.3, 0.4) is 0 Å². The van der Waals surface area contributed by atoms with Crippen LogP contribution in [0.1, 0.15) is 59.5 Å². The van der Waals surface area contributed by atoms with E-state index >= 15 is 0 Å². The second kappa shape index (κ2) is 8.71. The Hall–Kier alpha value is -1.82. The summed E-state index contributed by atoms with van der Waals surface area (Å²) in [6, 6.07) is 4.34. The van der Waals surface area contributed by atoms with Gasteiger partial charge in [0.2, 0.25) is 5.91 Å². The molecule has 140 valence electrons. The Bertz CT molecular complexity index is 812. The zero-order valence-electron chi connectivity index (χ0n) is 15.8. The molecule has 0 aliphatic heterocycles. The smallest absolute Gasteiger partial charge is 0.242 e. The van der Waals surface area contributed by atoms with Crippen LogP contribution >= 0.6 is 11.8 Å². The maximum Gasteiger partial charge on any atom is 0.242 e. The minimum absolute atomic E-state index is 0.0660. The molecule has 0 unspecified atom stereocenters. The molecule has 0 radical (unpaired) electrons. The van der Waals surface area contributed by atoms with Crippen molar-refractivity contribution in [2.24, 2.45) is 4.99 Å². The van der Waals surface area contributed by atoms with Crippen LogP contribution in [0.15, 0.2) is 27.8 Å². The molecular formula is C20H27N3O2S. The van der Waals surface area contributed by atoms with Crippen molar-refractivity contribution in [2.45, 2.75) is 64.7 Å². The van der Waals surface area contributed by atoms with Gasteiger partial charge in [0.15, 0.2) is 0 Å². The standard InChI is InChI=1S/C20H27N3O2S/c1-14-9-10-23(19(11-14)21-17-7-5-4-6-8-17)20(24)13-26-12-18-15(2)22-25-16(18)3/h9-11,17H,4-8,12-13H2,1-3H3. The normalized spacial score (nSPS) is 16.2. The first-order chi connectivity index (χ1) is 12.5. The Labute approximate surface area is 158 Å². The zero-order chi connectivity index (χ0) is 18.5. The van der Waals surface area contributed by atoms with Gasteiger partial charge in [-0.05, 0) is 51.3 Å². The van der Waals surface area contributed by atoms with E-state index in [9.17, 15) is 4.79 Å². The SMILES string of the molecule is Cc1ccn(C(=O)CSCc2c(C)noc2C)c(=NC2CCCCC2)c1. The Morgan fingerprint density at radius 2 is 2.08 bits per heavy atom. The minimum atomic E-state index is 0.0660. The molecule has 0 aromatic carbocycles. The Balaban J connectivity index is 1.71. The van der Waals surface area contributed by atoms with Crippen molar-refractivity contribution in [3.05, 3.63) is 46.4 Å². The van der Waals surface area contributed by atoms with Crippen molar-refractivity contribution in [3.8, 4) is 0 Å². The molecule has 0 amide bonds. The van der Waals surface area contributed by atoms with Crippen molar-refractivity contribution in [2.75, 3.05) is 5.75 Å². The van der Waals surface area contributed by atoms with Crippen molar-refractivity contribution in [3.63, 3.8) is 0 Å². The number of pyridine rings is 1. The van der Waals surface area contributed by atoms with E-state index in [1.165, 1.54) is 19.3 Å². The summed E-state index contributed by atoms with van der Waals surface area (Å²) in [5.74, 6) is 2.04. The van der Waals surface area contributed by atoms with Gasteiger partial charge in [-0.2, -0.15) is 0 Å². The molecular weight excluding hydrogens is 346 g/mol. The summed E-state index contributed by atoms with van der Waals surface area (Å²) in [5.41, 5.74) is 3.91. The number of hydrogen-bond donors (Lipinski definition) is 0. The Morgan fingerprint density at radius 1 is 1.31 bits per heavy atom. The van der Waals surface area contributed by atoms with E-state index in [1.54, 1.807) is 16.3 Å². The summed E-state index contributed by atoms with van der Waals surface area (Å²) in [6.07, 6.45) is 7.89. The highest BCUT2D eigenvalue weighted by Gasteiger charge is 2.14. The fraction of sp³-hybridized carbons (Fsp3) is 0.550. The topological polar surface area (TPSA) is 60.4 Å². The van der Waals surface area contributed by atoms with Crippen LogP contribution in [0.25, 0.3) is 0 Å². The second-order valence-corrected chi connectivity index (χ2v) is 8.03. The van der Waals surface area contributed by atoms with E-state index in [-0.39, 0.29) is 5.91 Å². The van der Waals surface area contributed by atoms with Crippen LogP contribution in [0.4, 0.5) is 0 Å². The number of aryl methyl sites for hydroxylation is 3. The van der Waals surface area contributed by atoms with Gasteiger partial charge in [-0.15, -0.1) is 11.8 Å². The van der Waals surface area contributed by atoms with Crippen LogP contribution in [0.5, 0.6) is 0 Å². The quantitative estimate of drug-likeness (QED) is 0.788. The van der Waals surface area contributed by atoms with Crippen LogP contribution in [0, 0.1) is 20.8 Å². The maximum absolute atomic E-state index is 12.8. The molecule has 0 spiro atoms. The highest BCUT2D eigenvalue weighted by atomic mass is 32.2. The van der Waals surface area contributed by atoms with Gasteiger partial charge in [0.05, 0.1) is 17.5 Å². The monoisotopic (exact) mass is 373 g/mol. The molecule has 2 aromatic rings. The lowest BCUT2D eigenvalue weighted by Crippen LogP contribution is -2.30. The molecule has 2 aromatic heterocycles. The summed E-state index contributed by atoms with van der Waals surface area (Å²) in [5, 5.41) is 3.97. The number of rotatable bonds is 5. The molecule has 0 saturated heterocycles.